The first-order chi connectivity index (χ1) is 13.6. The Balaban J connectivity index is 1.44. The number of hydrogen-bond donors (Lipinski definition) is 1. The van der Waals surface area contributed by atoms with Crippen molar-refractivity contribution in [1.82, 2.24) is 19.9 Å². The molecule has 2 aromatic heterocycles. The minimum Gasteiger partial charge on any atom is -0.367 e. The van der Waals surface area contributed by atoms with Crippen LogP contribution in [-0.2, 0) is 16.0 Å². The highest BCUT2D eigenvalue weighted by Crippen LogP contribution is 2.29. The van der Waals surface area contributed by atoms with E-state index < -0.39 is 0 Å². The summed E-state index contributed by atoms with van der Waals surface area (Å²) in [6, 6.07) is 6.17. The third-order valence-electron chi connectivity index (χ3n) is 5.58. The van der Waals surface area contributed by atoms with Crippen LogP contribution in [0.4, 0.5) is 5.82 Å². The van der Waals surface area contributed by atoms with Gasteiger partial charge in [-0.05, 0) is 44.2 Å². The molecule has 28 heavy (non-hydrogen) atoms. The molecule has 2 fully saturated rings. The standard InChI is InChI=1S/C21H25N5O2/c1-2-15-13-18(25-21(24-15)14-9-11-22-12-10-14)23-16-3-5-17(6-4-16)26-19(27)7-8-20(26)28/h9-13,16-17H,2-8H2,1H3,(H,23,24,25). The summed E-state index contributed by atoms with van der Waals surface area (Å²) in [4.78, 5) is 38.8. The Bertz CT molecular complexity index is 846. The summed E-state index contributed by atoms with van der Waals surface area (Å²) >= 11 is 0. The Hall–Kier alpha value is -2.83. The Labute approximate surface area is 164 Å². The minimum atomic E-state index is -0.00760. The fraction of sp³-hybridized carbons (Fsp3) is 0.476. The van der Waals surface area contributed by atoms with E-state index in [0.29, 0.717) is 18.7 Å². The molecule has 3 heterocycles. The lowest BCUT2D eigenvalue weighted by atomic mass is 9.90. The monoisotopic (exact) mass is 379 g/mol. The molecule has 7 heteroatoms. The van der Waals surface area contributed by atoms with Crippen LogP contribution < -0.4 is 5.32 Å². The van der Waals surface area contributed by atoms with Gasteiger partial charge >= 0.3 is 0 Å². The molecular weight excluding hydrogens is 354 g/mol. The number of rotatable bonds is 5. The van der Waals surface area contributed by atoms with Crippen molar-refractivity contribution in [3.05, 3.63) is 36.3 Å². The average molecular weight is 379 g/mol. The summed E-state index contributed by atoms with van der Waals surface area (Å²) in [6.07, 6.45) is 8.58. The SMILES string of the molecule is CCc1cc(NC2CCC(N3C(=O)CCC3=O)CC2)nc(-c2ccncc2)n1. The summed E-state index contributed by atoms with van der Waals surface area (Å²) < 4.78 is 0. The molecule has 1 N–H and O–H groups in total. The lowest BCUT2D eigenvalue weighted by Gasteiger charge is -2.34. The van der Waals surface area contributed by atoms with Crippen LogP contribution in [0.2, 0.25) is 0 Å². The van der Waals surface area contributed by atoms with Gasteiger partial charge in [-0.2, -0.15) is 0 Å². The van der Waals surface area contributed by atoms with E-state index in [9.17, 15) is 9.59 Å². The van der Waals surface area contributed by atoms with E-state index in [4.69, 9.17) is 4.98 Å². The van der Waals surface area contributed by atoms with Crippen LogP contribution in [0.15, 0.2) is 30.6 Å². The van der Waals surface area contributed by atoms with Crippen molar-refractivity contribution in [2.45, 2.75) is 64.0 Å². The smallest absolute Gasteiger partial charge is 0.229 e. The number of aryl methyl sites for hydroxylation is 1. The molecule has 1 aliphatic carbocycles. The lowest BCUT2D eigenvalue weighted by Crippen LogP contribution is -2.43. The van der Waals surface area contributed by atoms with Crippen molar-refractivity contribution in [3.8, 4) is 11.4 Å². The normalized spacial score (nSPS) is 22.5. The number of amides is 2. The van der Waals surface area contributed by atoms with Gasteiger partial charge in [0.2, 0.25) is 11.8 Å². The van der Waals surface area contributed by atoms with E-state index in [1.807, 2.05) is 18.2 Å². The van der Waals surface area contributed by atoms with E-state index >= 15 is 0 Å². The summed E-state index contributed by atoms with van der Waals surface area (Å²) in [7, 11) is 0. The van der Waals surface area contributed by atoms with Crippen LogP contribution in [0.25, 0.3) is 11.4 Å². The molecule has 1 saturated heterocycles. The molecular formula is C21H25N5O2. The third-order valence-corrected chi connectivity index (χ3v) is 5.58. The molecule has 0 bridgehead atoms. The molecule has 2 aromatic rings. The maximum Gasteiger partial charge on any atom is 0.229 e. The predicted molar refractivity (Wildman–Crippen MR) is 105 cm³/mol. The maximum absolute atomic E-state index is 12.0. The quantitative estimate of drug-likeness (QED) is 0.804. The Morgan fingerprint density at radius 1 is 1.04 bits per heavy atom. The molecule has 146 valence electrons. The van der Waals surface area contributed by atoms with Gasteiger partial charge in [-0.1, -0.05) is 6.92 Å². The summed E-state index contributed by atoms with van der Waals surface area (Å²) in [5.41, 5.74) is 1.94. The highest BCUT2D eigenvalue weighted by molar-refractivity contribution is 6.02. The van der Waals surface area contributed by atoms with E-state index in [0.717, 1.165) is 49.2 Å². The molecule has 7 nitrogen and oxygen atoms in total. The third kappa shape index (κ3) is 3.88. The first kappa shape index (κ1) is 18.5. The molecule has 1 saturated carbocycles. The molecule has 0 aromatic carbocycles. The van der Waals surface area contributed by atoms with Crippen LogP contribution in [0.3, 0.4) is 0 Å². The zero-order valence-corrected chi connectivity index (χ0v) is 16.1. The van der Waals surface area contributed by atoms with Crippen molar-refractivity contribution in [3.63, 3.8) is 0 Å². The zero-order chi connectivity index (χ0) is 19.5. The predicted octanol–water partition coefficient (Wildman–Crippen LogP) is 2.97. The summed E-state index contributed by atoms with van der Waals surface area (Å²) in [5.74, 6) is 1.51. The molecule has 0 radical (unpaired) electrons. The zero-order valence-electron chi connectivity index (χ0n) is 16.1. The molecule has 0 atom stereocenters. The number of carbonyl (C=O) groups is 2. The van der Waals surface area contributed by atoms with Gasteiger partial charge in [-0.3, -0.25) is 19.5 Å². The van der Waals surface area contributed by atoms with Gasteiger partial charge in [0.25, 0.3) is 0 Å². The van der Waals surface area contributed by atoms with Crippen molar-refractivity contribution in [2.24, 2.45) is 0 Å². The van der Waals surface area contributed by atoms with Gasteiger partial charge in [0.05, 0.1) is 0 Å². The molecule has 0 unspecified atom stereocenters. The van der Waals surface area contributed by atoms with Gasteiger partial charge < -0.3 is 5.32 Å². The van der Waals surface area contributed by atoms with Crippen LogP contribution >= 0.6 is 0 Å². The topological polar surface area (TPSA) is 88.1 Å². The van der Waals surface area contributed by atoms with Crippen molar-refractivity contribution in [1.29, 1.82) is 0 Å². The number of pyridine rings is 1. The summed E-state index contributed by atoms with van der Waals surface area (Å²) in [6.45, 7) is 2.08. The van der Waals surface area contributed by atoms with Crippen molar-refractivity contribution < 1.29 is 9.59 Å². The fourth-order valence-corrected chi connectivity index (χ4v) is 4.07. The van der Waals surface area contributed by atoms with Gasteiger partial charge in [0, 0.05) is 54.6 Å². The molecule has 2 amide bonds. The van der Waals surface area contributed by atoms with E-state index in [-0.39, 0.29) is 23.9 Å². The van der Waals surface area contributed by atoms with Crippen LogP contribution in [0, 0.1) is 0 Å². The number of hydrogen-bond acceptors (Lipinski definition) is 6. The summed E-state index contributed by atoms with van der Waals surface area (Å²) in [5, 5.41) is 3.54. The molecule has 0 spiro atoms. The van der Waals surface area contributed by atoms with E-state index in [2.05, 4.69) is 22.2 Å². The molecule has 4 rings (SSSR count). The minimum absolute atomic E-state index is 0.00760. The highest BCUT2D eigenvalue weighted by Gasteiger charge is 2.36. The Kier molecular flexibility index (Phi) is 5.32. The number of nitrogens with zero attached hydrogens (tertiary/aromatic N) is 4. The van der Waals surface area contributed by atoms with Crippen molar-refractivity contribution >= 4 is 17.6 Å². The number of carbonyl (C=O) groups excluding carboxylic acids is 2. The van der Waals surface area contributed by atoms with Crippen LogP contribution in [-0.4, -0.2) is 43.7 Å². The Morgan fingerprint density at radius 2 is 1.71 bits per heavy atom. The first-order valence-corrected chi connectivity index (χ1v) is 10.0. The van der Waals surface area contributed by atoms with Gasteiger partial charge in [-0.15, -0.1) is 0 Å². The highest BCUT2D eigenvalue weighted by atomic mass is 16.2. The van der Waals surface area contributed by atoms with E-state index in [1.165, 1.54) is 4.90 Å². The number of nitrogens with one attached hydrogen (secondary N) is 1. The molecule has 1 aliphatic heterocycles. The number of imide groups is 1. The molecule has 2 aliphatic rings. The number of likely N-dealkylation sites (tertiary alicyclic amines) is 1. The lowest BCUT2D eigenvalue weighted by molar-refractivity contribution is -0.141. The largest absolute Gasteiger partial charge is 0.367 e. The van der Waals surface area contributed by atoms with Gasteiger partial charge in [-0.25, -0.2) is 9.97 Å². The average Bonchev–Trinajstić information content (AvgIpc) is 3.07. The second-order valence-electron chi connectivity index (χ2n) is 7.46. The van der Waals surface area contributed by atoms with E-state index in [1.54, 1.807) is 12.4 Å². The van der Waals surface area contributed by atoms with Crippen molar-refractivity contribution in [2.75, 3.05) is 5.32 Å². The Morgan fingerprint density at radius 3 is 2.36 bits per heavy atom. The maximum atomic E-state index is 12.0. The second-order valence-corrected chi connectivity index (χ2v) is 7.46. The van der Waals surface area contributed by atoms with Crippen LogP contribution in [0.1, 0.15) is 51.1 Å². The van der Waals surface area contributed by atoms with Gasteiger partial charge in [0.15, 0.2) is 5.82 Å². The number of anilines is 1. The second kappa shape index (κ2) is 8.04. The fourth-order valence-electron chi connectivity index (χ4n) is 4.07. The van der Waals surface area contributed by atoms with Gasteiger partial charge in [0.1, 0.15) is 5.82 Å². The van der Waals surface area contributed by atoms with Crippen LogP contribution in [0.5, 0.6) is 0 Å². The first-order valence-electron chi connectivity index (χ1n) is 10.0. The number of aromatic nitrogens is 3.